The molecule has 1 aliphatic heterocycles. The van der Waals surface area contributed by atoms with E-state index >= 15 is 0 Å². The van der Waals surface area contributed by atoms with Gasteiger partial charge in [-0.3, -0.25) is 4.79 Å². The van der Waals surface area contributed by atoms with Crippen LogP contribution >= 0.6 is 11.6 Å². The van der Waals surface area contributed by atoms with Crippen LogP contribution in [-0.2, 0) is 4.79 Å². The molecule has 7 heteroatoms. The Hall–Kier alpha value is -2.73. The smallest absolute Gasteiger partial charge is 0.232 e. The molecular formula is C20H17ClFN3O2. The molecule has 27 heavy (non-hydrogen) atoms. The fourth-order valence-corrected chi connectivity index (χ4v) is 3.45. The molecule has 138 valence electrons. The van der Waals surface area contributed by atoms with E-state index in [-0.39, 0.29) is 30.5 Å². The Morgan fingerprint density at radius 3 is 2.85 bits per heavy atom. The van der Waals surface area contributed by atoms with Gasteiger partial charge in [0, 0.05) is 23.6 Å². The average Bonchev–Trinajstić information content (AvgIpc) is 3.26. The summed E-state index contributed by atoms with van der Waals surface area (Å²) in [4.78, 5) is 18.3. The van der Waals surface area contributed by atoms with Crippen LogP contribution in [0.4, 0.5) is 10.1 Å². The predicted molar refractivity (Wildman–Crippen MR) is 100 cm³/mol. The lowest BCUT2D eigenvalue weighted by atomic mass is 10.1. The van der Waals surface area contributed by atoms with Gasteiger partial charge >= 0.3 is 0 Å². The summed E-state index contributed by atoms with van der Waals surface area (Å²) >= 11 is 5.95. The van der Waals surface area contributed by atoms with Crippen LogP contribution in [0, 0.1) is 19.7 Å². The zero-order valence-electron chi connectivity index (χ0n) is 14.9. The summed E-state index contributed by atoms with van der Waals surface area (Å²) in [6.07, 6.45) is 0.181. The topological polar surface area (TPSA) is 59.2 Å². The molecular weight excluding hydrogens is 369 g/mol. The first-order valence-corrected chi connectivity index (χ1v) is 8.97. The molecule has 1 amide bonds. The largest absolute Gasteiger partial charge is 0.339 e. The lowest BCUT2D eigenvalue weighted by Gasteiger charge is -2.17. The zero-order chi connectivity index (χ0) is 19.1. The molecule has 2 heterocycles. The van der Waals surface area contributed by atoms with Crippen molar-refractivity contribution < 1.29 is 13.7 Å². The highest BCUT2D eigenvalue weighted by molar-refractivity contribution is 6.31. The van der Waals surface area contributed by atoms with Crippen molar-refractivity contribution in [1.82, 2.24) is 10.1 Å². The monoisotopic (exact) mass is 385 g/mol. The number of carbonyl (C=O) groups excluding carboxylic acids is 1. The molecule has 0 spiro atoms. The van der Waals surface area contributed by atoms with Crippen LogP contribution in [0.15, 0.2) is 40.9 Å². The number of aromatic nitrogens is 2. The summed E-state index contributed by atoms with van der Waals surface area (Å²) < 4.78 is 19.6. The minimum Gasteiger partial charge on any atom is -0.339 e. The summed E-state index contributed by atoms with van der Waals surface area (Å²) in [6.45, 7) is 4.25. The molecule has 0 radical (unpaired) electrons. The number of nitrogens with zero attached hydrogens (tertiary/aromatic N) is 3. The molecule has 1 aromatic heterocycles. The predicted octanol–water partition coefficient (Wildman–Crippen LogP) is 4.67. The van der Waals surface area contributed by atoms with Gasteiger partial charge in [-0.25, -0.2) is 4.39 Å². The Kier molecular flexibility index (Phi) is 4.44. The van der Waals surface area contributed by atoms with Gasteiger partial charge in [0.15, 0.2) is 0 Å². The quantitative estimate of drug-likeness (QED) is 0.657. The maximum atomic E-state index is 14.1. The van der Waals surface area contributed by atoms with Crippen molar-refractivity contribution in [1.29, 1.82) is 0 Å². The number of carbonyl (C=O) groups is 1. The van der Waals surface area contributed by atoms with Gasteiger partial charge in [0.2, 0.25) is 17.6 Å². The maximum absolute atomic E-state index is 14.1. The molecule has 1 aliphatic rings. The number of hydrogen-bond acceptors (Lipinski definition) is 4. The van der Waals surface area contributed by atoms with Crippen molar-refractivity contribution in [3.05, 3.63) is 64.3 Å². The summed E-state index contributed by atoms with van der Waals surface area (Å²) in [7, 11) is 0. The van der Waals surface area contributed by atoms with Crippen LogP contribution in [0.2, 0.25) is 5.02 Å². The summed E-state index contributed by atoms with van der Waals surface area (Å²) in [5.74, 6) is -0.111. The first-order chi connectivity index (χ1) is 12.9. The van der Waals surface area contributed by atoms with E-state index in [0.29, 0.717) is 16.7 Å². The average molecular weight is 386 g/mol. The van der Waals surface area contributed by atoms with Crippen molar-refractivity contribution in [3.63, 3.8) is 0 Å². The number of rotatable bonds is 3. The lowest BCUT2D eigenvalue weighted by molar-refractivity contribution is -0.117. The van der Waals surface area contributed by atoms with Gasteiger partial charge in [-0.05, 0) is 43.7 Å². The minimum absolute atomic E-state index is 0.171. The Morgan fingerprint density at radius 1 is 1.22 bits per heavy atom. The van der Waals surface area contributed by atoms with Crippen LogP contribution in [-0.4, -0.2) is 22.6 Å². The Morgan fingerprint density at radius 2 is 2.04 bits per heavy atom. The molecule has 5 nitrogen and oxygen atoms in total. The van der Waals surface area contributed by atoms with Crippen molar-refractivity contribution >= 4 is 23.2 Å². The molecule has 4 rings (SSSR count). The van der Waals surface area contributed by atoms with Crippen LogP contribution < -0.4 is 4.90 Å². The van der Waals surface area contributed by atoms with Crippen LogP contribution in [0.3, 0.4) is 0 Å². The third kappa shape index (κ3) is 3.32. The van der Waals surface area contributed by atoms with Crippen LogP contribution in [0.5, 0.6) is 0 Å². The molecule has 1 fully saturated rings. The highest BCUT2D eigenvalue weighted by atomic mass is 35.5. The van der Waals surface area contributed by atoms with Gasteiger partial charge in [0.25, 0.3) is 0 Å². The Bertz CT molecular complexity index is 1030. The normalized spacial score (nSPS) is 17.0. The first kappa shape index (κ1) is 17.7. The van der Waals surface area contributed by atoms with E-state index in [9.17, 15) is 9.18 Å². The second-order valence-electron chi connectivity index (χ2n) is 6.78. The summed E-state index contributed by atoms with van der Waals surface area (Å²) in [5, 5.41) is 4.45. The Balaban J connectivity index is 1.61. The van der Waals surface area contributed by atoms with Crippen molar-refractivity contribution in [2.45, 2.75) is 26.2 Å². The molecule has 2 aromatic carbocycles. The fraction of sp³-hybridized carbons (Fsp3) is 0.250. The first-order valence-electron chi connectivity index (χ1n) is 8.59. The van der Waals surface area contributed by atoms with Gasteiger partial charge in [-0.15, -0.1) is 0 Å². The van der Waals surface area contributed by atoms with Crippen molar-refractivity contribution in [2.75, 3.05) is 11.4 Å². The molecule has 1 saturated heterocycles. The number of anilines is 1. The van der Waals surface area contributed by atoms with Crippen molar-refractivity contribution in [3.8, 4) is 11.4 Å². The second kappa shape index (κ2) is 6.78. The molecule has 1 unspecified atom stereocenters. The van der Waals surface area contributed by atoms with Crippen LogP contribution in [0.1, 0.15) is 29.4 Å². The number of benzene rings is 2. The molecule has 3 aromatic rings. The standard InChI is InChI=1S/C20H17ClFN3O2/c1-11-3-4-12(2)15(7-11)19-23-20(27-24-19)13-8-18(26)25(10-13)17-9-14(21)5-6-16(17)22/h3-7,9,13H,8,10H2,1-2H3. The summed E-state index contributed by atoms with van der Waals surface area (Å²) in [6, 6.07) is 10.2. The third-order valence-corrected chi connectivity index (χ3v) is 4.98. The second-order valence-corrected chi connectivity index (χ2v) is 7.21. The van der Waals surface area contributed by atoms with E-state index in [2.05, 4.69) is 10.1 Å². The SMILES string of the molecule is Cc1ccc(C)c(-c2noc(C3CC(=O)N(c4cc(Cl)ccc4F)C3)n2)c1. The van der Waals surface area contributed by atoms with Crippen LogP contribution in [0.25, 0.3) is 11.4 Å². The highest BCUT2D eigenvalue weighted by Gasteiger charge is 2.36. The van der Waals surface area contributed by atoms with Crippen molar-refractivity contribution in [2.24, 2.45) is 0 Å². The summed E-state index contributed by atoms with van der Waals surface area (Å²) in [5.41, 5.74) is 3.20. The maximum Gasteiger partial charge on any atom is 0.232 e. The molecule has 0 aliphatic carbocycles. The fourth-order valence-electron chi connectivity index (χ4n) is 3.29. The van der Waals surface area contributed by atoms with Gasteiger partial charge < -0.3 is 9.42 Å². The van der Waals surface area contributed by atoms with Gasteiger partial charge in [-0.1, -0.05) is 34.5 Å². The van der Waals surface area contributed by atoms with E-state index in [4.69, 9.17) is 16.1 Å². The number of hydrogen-bond donors (Lipinski definition) is 0. The van der Waals surface area contributed by atoms with E-state index in [1.807, 2.05) is 32.0 Å². The van der Waals surface area contributed by atoms with E-state index in [1.165, 1.54) is 23.1 Å². The minimum atomic E-state index is -0.491. The Labute approximate surface area is 160 Å². The number of halogens is 2. The molecule has 0 bridgehead atoms. The molecule has 1 atom stereocenters. The number of amides is 1. The lowest BCUT2D eigenvalue weighted by Crippen LogP contribution is -2.25. The molecule has 0 N–H and O–H groups in total. The number of aryl methyl sites for hydroxylation is 2. The van der Waals surface area contributed by atoms with E-state index in [1.54, 1.807) is 0 Å². The van der Waals surface area contributed by atoms with Gasteiger partial charge in [0.05, 0.1) is 11.6 Å². The zero-order valence-corrected chi connectivity index (χ0v) is 15.6. The van der Waals surface area contributed by atoms with Gasteiger partial charge in [-0.2, -0.15) is 4.98 Å². The van der Waals surface area contributed by atoms with E-state index < -0.39 is 5.82 Å². The highest BCUT2D eigenvalue weighted by Crippen LogP contribution is 2.34. The van der Waals surface area contributed by atoms with Gasteiger partial charge in [0.1, 0.15) is 5.82 Å². The molecule has 0 saturated carbocycles. The third-order valence-electron chi connectivity index (χ3n) is 4.75. The van der Waals surface area contributed by atoms with E-state index in [0.717, 1.165) is 16.7 Å².